The van der Waals surface area contributed by atoms with Crippen molar-refractivity contribution in [3.8, 4) is 0 Å². The molecule has 0 amide bonds. The summed E-state index contributed by atoms with van der Waals surface area (Å²) in [7, 11) is 0. The van der Waals surface area contributed by atoms with Crippen LogP contribution in [0.15, 0.2) is 0 Å². The molecular formula is C6H10F3NO2. The molecule has 0 unspecified atom stereocenters. The SMILES string of the molecule is O[C@@H]1CNC[C@H]1OCC(F)(F)F. The van der Waals surface area contributed by atoms with E-state index in [1.54, 1.807) is 0 Å². The number of β-amino-alcohol motifs (C(OH)–C–C–N with tert-alkyl or cyclic N) is 1. The number of rotatable bonds is 2. The normalized spacial score (nSPS) is 31.0. The maximum atomic E-state index is 11.6. The molecule has 1 aliphatic rings. The minimum atomic E-state index is -4.32. The number of hydrogen-bond acceptors (Lipinski definition) is 3. The van der Waals surface area contributed by atoms with Crippen molar-refractivity contribution >= 4 is 0 Å². The largest absolute Gasteiger partial charge is 0.411 e. The summed E-state index contributed by atoms with van der Waals surface area (Å²) in [5, 5.41) is 11.7. The Bertz CT molecular complexity index is 150. The number of hydrogen-bond donors (Lipinski definition) is 2. The number of alkyl halides is 3. The quantitative estimate of drug-likeness (QED) is 0.631. The predicted octanol–water partition coefficient (Wildman–Crippen LogP) is -0.102. The van der Waals surface area contributed by atoms with Gasteiger partial charge in [0.1, 0.15) is 6.61 Å². The van der Waals surface area contributed by atoms with Crippen molar-refractivity contribution in [3.05, 3.63) is 0 Å². The van der Waals surface area contributed by atoms with Crippen LogP contribution in [0.4, 0.5) is 13.2 Å². The summed E-state index contributed by atoms with van der Waals surface area (Å²) >= 11 is 0. The Labute approximate surface area is 67.5 Å². The molecule has 0 aromatic carbocycles. The van der Waals surface area contributed by atoms with Gasteiger partial charge in [0.25, 0.3) is 0 Å². The van der Waals surface area contributed by atoms with Gasteiger partial charge in [-0.05, 0) is 0 Å². The van der Waals surface area contributed by atoms with Crippen LogP contribution in [-0.4, -0.2) is 43.2 Å². The van der Waals surface area contributed by atoms with E-state index in [4.69, 9.17) is 5.11 Å². The van der Waals surface area contributed by atoms with E-state index in [0.29, 0.717) is 6.54 Å². The van der Waals surface area contributed by atoms with E-state index in [1.165, 1.54) is 0 Å². The first kappa shape index (κ1) is 9.76. The first-order chi connectivity index (χ1) is 5.49. The second kappa shape index (κ2) is 3.59. The highest BCUT2D eigenvalue weighted by Gasteiger charge is 2.33. The number of nitrogens with one attached hydrogen (secondary N) is 1. The molecule has 3 nitrogen and oxygen atoms in total. The smallest absolute Gasteiger partial charge is 0.389 e. The van der Waals surface area contributed by atoms with Crippen LogP contribution in [-0.2, 0) is 4.74 Å². The molecule has 0 aromatic rings. The Morgan fingerprint density at radius 1 is 1.42 bits per heavy atom. The van der Waals surface area contributed by atoms with Crippen LogP contribution < -0.4 is 5.32 Å². The summed E-state index contributed by atoms with van der Waals surface area (Å²) in [6.45, 7) is -0.726. The van der Waals surface area contributed by atoms with Crippen molar-refractivity contribution in [2.75, 3.05) is 19.7 Å². The zero-order valence-corrected chi connectivity index (χ0v) is 6.27. The van der Waals surface area contributed by atoms with Gasteiger partial charge in [-0.3, -0.25) is 0 Å². The standard InChI is InChI=1S/C6H10F3NO2/c7-6(8,9)3-12-5-2-10-1-4(5)11/h4-5,10-11H,1-3H2/t4-,5-/m1/s1. The third-order valence-electron chi connectivity index (χ3n) is 1.59. The fourth-order valence-electron chi connectivity index (χ4n) is 1.01. The summed E-state index contributed by atoms with van der Waals surface area (Å²) in [5.41, 5.74) is 0. The first-order valence-corrected chi connectivity index (χ1v) is 3.56. The predicted molar refractivity (Wildman–Crippen MR) is 34.7 cm³/mol. The van der Waals surface area contributed by atoms with E-state index < -0.39 is 25.0 Å². The maximum absolute atomic E-state index is 11.6. The van der Waals surface area contributed by atoms with Crippen LogP contribution >= 0.6 is 0 Å². The van der Waals surface area contributed by atoms with Gasteiger partial charge in [0.2, 0.25) is 0 Å². The van der Waals surface area contributed by atoms with Gasteiger partial charge in [-0.2, -0.15) is 13.2 Å². The topological polar surface area (TPSA) is 41.5 Å². The van der Waals surface area contributed by atoms with Crippen LogP contribution in [0, 0.1) is 0 Å². The lowest BCUT2D eigenvalue weighted by atomic mass is 10.3. The highest BCUT2D eigenvalue weighted by molar-refractivity contribution is 4.81. The van der Waals surface area contributed by atoms with E-state index in [2.05, 4.69) is 10.1 Å². The Hall–Kier alpha value is -0.330. The zero-order valence-electron chi connectivity index (χ0n) is 6.27. The molecule has 0 aliphatic carbocycles. The van der Waals surface area contributed by atoms with Crippen molar-refractivity contribution in [2.24, 2.45) is 0 Å². The summed E-state index contributed by atoms with van der Waals surface area (Å²) in [6, 6.07) is 0. The van der Waals surface area contributed by atoms with Crippen molar-refractivity contribution in [1.82, 2.24) is 5.32 Å². The fourth-order valence-corrected chi connectivity index (χ4v) is 1.01. The molecule has 1 heterocycles. The van der Waals surface area contributed by atoms with Crippen LogP contribution in [0.3, 0.4) is 0 Å². The van der Waals surface area contributed by atoms with Crippen LogP contribution in [0.1, 0.15) is 0 Å². The van der Waals surface area contributed by atoms with Crippen LogP contribution in [0.5, 0.6) is 0 Å². The molecule has 0 saturated carbocycles. The molecular weight excluding hydrogens is 175 g/mol. The van der Waals surface area contributed by atoms with E-state index >= 15 is 0 Å². The van der Waals surface area contributed by atoms with Crippen LogP contribution in [0.2, 0.25) is 0 Å². The monoisotopic (exact) mass is 185 g/mol. The second-order valence-electron chi connectivity index (χ2n) is 2.69. The van der Waals surface area contributed by atoms with Gasteiger partial charge >= 0.3 is 6.18 Å². The number of aliphatic hydroxyl groups excluding tert-OH is 1. The average Bonchev–Trinajstić information content (AvgIpc) is 2.29. The van der Waals surface area contributed by atoms with Crippen molar-refractivity contribution < 1.29 is 23.0 Å². The molecule has 0 bridgehead atoms. The van der Waals surface area contributed by atoms with Gasteiger partial charge in [-0.1, -0.05) is 0 Å². The van der Waals surface area contributed by atoms with E-state index in [0.717, 1.165) is 0 Å². The summed E-state index contributed by atoms with van der Waals surface area (Å²) in [5.74, 6) is 0. The molecule has 1 fully saturated rings. The first-order valence-electron chi connectivity index (χ1n) is 3.56. The average molecular weight is 185 g/mol. The lowest BCUT2D eigenvalue weighted by molar-refractivity contribution is -0.190. The molecule has 0 spiro atoms. The number of ether oxygens (including phenoxy) is 1. The summed E-state index contributed by atoms with van der Waals surface area (Å²) in [4.78, 5) is 0. The second-order valence-corrected chi connectivity index (χ2v) is 2.69. The van der Waals surface area contributed by atoms with Crippen LogP contribution in [0.25, 0.3) is 0 Å². The van der Waals surface area contributed by atoms with Gasteiger partial charge in [-0.15, -0.1) is 0 Å². The fraction of sp³-hybridized carbons (Fsp3) is 1.00. The maximum Gasteiger partial charge on any atom is 0.411 e. The molecule has 0 aromatic heterocycles. The Balaban J connectivity index is 2.23. The Morgan fingerprint density at radius 2 is 2.08 bits per heavy atom. The third kappa shape index (κ3) is 2.96. The lowest BCUT2D eigenvalue weighted by Crippen LogP contribution is -2.31. The Morgan fingerprint density at radius 3 is 2.50 bits per heavy atom. The lowest BCUT2D eigenvalue weighted by Gasteiger charge is -2.15. The van der Waals surface area contributed by atoms with Crippen molar-refractivity contribution in [3.63, 3.8) is 0 Å². The van der Waals surface area contributed by atoms with Gasteiger partial charge in [0, 0.05) is 13.1 Å². The van der Waals surface area contributed by atoms with Crippen molar-refractivity contribution in [1.29, 1.82) is 0 Å². The highest BCUT2D eigenvalue weighted by atomic mass is 19.4. The van der Waals surface area contributed by atoms with Crippen molar-refractivity contribution in [2.45, 2.75) is 18.4 Å². The molecule has 72 valence electrons. The highest BCUT2D eigenvalue weighted by Crippen LogP contribution is 2.17. The molecule has 1 saturated heterocycles. The molecule has 1 aliphatic heterocycles. The van der Waals surface area contributed by atoms with Gasteiger partial charge in [0.15, 0.2) is 0 Å². The summed E-state index contributed by atoms with van der Waals surface area (Å²) < 4.78 is 39.3. The summed E-state index contributed by atoms with van der Waals surface area (Å²) in [6.07, 6.45) is -5.87. The molecule has 2 N–H and O–H groups in total. The number of halogens is 3. The molecule has 6 heteroatoms. The van der Waals surface area contributed by atoms with Gasteiger partial charge in [0.05, 0.1) is 12.2 Å². The van der Waals surface area contributed by atoms with E-state index in [1.807, 2.05) is 0 Å². The minimum absolute atomic E-state index is 0.275. The zero-order chi connectivity index (χ0) is 9.19. The molecule has 1 rings (SSSR count). The number of aliphatic hydroxyl groups is 1. The van der Waals surface area contributed by atoms with Gasteiger partial charge in [-0.25, -0.2) is 0 Å². The van der Waals surface area contributed by atoms with E-state index in [-0.39, 0.29) is 6.54 Å². The minimum Gasteiger partial charge on any atom is -0.389 e. The molecule has 0 radical (unpaired) electrons. The molecule has 2 atom stereocenters. The third-order valence-corrected chi connectivity index (χ3v) is 1.59. The van der Waals surface area contributed by atoms with Gasteiger partial charge < -0.3 is 15.2 Å². The Kier molecular flexibility index (Phi) is 2.92. The molecule has 12 heavy (non-hydrogen) atoms. The van der Waals surface area contributed by atoms with E-state index in [9.17, 15) is 13.2 Å².